The van der Waals surface area contributed by atoms with Gasteiger partial charge in [-0.05, 0) is 49.9 Å². The second kappa shape index (κ2) is 5.81. The first-order valence-corrected chi connectivity index (χ1v) is 6.49. The maximum Gasteiger partial charge on any atom is 0.391 e. The van der Waals surface area contributed by atoms with Crippen molar-refractivity contribution in [2.75, 3.05) is 0 Å². The predicted octanol–water partition coefficient (Wildman–Crippen LogP) is 3.68. The Labute approximate surface area is 114 Å². The zero-order valence-electron chi connectivity index (χ0n) is 10.7. The number of carbonyl (C=O) groups is 1. The van der Waals surface area contributed by atoms with Gasteiger partial charge in [0.05, 0.1) is 5.92 Å². The van der Waals surface area contributed by atoms with Crippen LogP contribution in [0.2, 0.25) is 0 Å². The molecule has 1 aromatic rings. The maximum absolute atomic E-state index is 12.7. The molecule has 1 amide bonds. The highest BCUT2D eigenvalue weighted by Crippen LogP contribution is 2.37. The Morgan fingerprint density at radius 1 is 1.05 bits per heavy atom. The summed E-state index contributed by atoms with van der Waals surface area (Å²) < 4.78 is 50.3. The van der Waals surface area contributed by atoms with Crippen LogP contribution in [0.5, 0.6) is 0 Å². The van der Waals surface area contributed by atoms with Crippen LogP contribution in [0.15, 0.2) is 24.3 Å². The van der Waals surface area contributed by atoms with Gasteiger partial charge in [0.15, 0.2) is 0 Å². The summed E-state index contributed by atoms with van der Waals surface area (Å²) in [7, 11) is 0. The monoisotopic (exact) mass is 289 g/mol. The number of rotatable bonds is 2. The number of amides is 1. The molecule has 1 saturated carbocycles. The smallest absolute Gasteiger partial charge is 0.349 e. The molecule has 6 heteroatoms. The number of nitrogens with one attached hydrogen (secondary N) is 1. The van der Waals surface area contributed by atoms with E-state index in [-0.39, 0.29) is 24.8 Å². The highest BCUT2D eigenvalue weighted by Gasteiger charge is 2.41. The highest BCUT2D eigenvalue weighted by molar-refractivity contribution is 5.94. The van der Waals surface area contributed by atoms with E-state index in [1.807, 2.05) is 0 Å². The summed E-state index contributed by atoms with van der Waals surface area (Å²) in [5.41, 5.74) is 0.310. The molecule has 1 N–H and O–H groups in total. The Morgan fingerprint density at radius 2 is 1.60 bits per heavy atom. The van der Waals surface area contributed by atoms with Gasteiger partial charge in [0.2, 0.25) is 0 Å². The lowest BCUT2D eigenvalue weighted by Crippen LogP contribution is -2.40. The minimum Gasteiger partial charge on any atom is -0.349 e. The van der Waals surface area contributed by atoms with E-state index in [9.17, 15) is 22.4 Å². The molecule has 110 valence electrons. The molecule has 1 fully saturated rings. The summed E-state index contributed by atoms with van der Waals surface area (Å²) >= 11 is 0. The molecule has 0 saturated heterocycles. The lowest BCUT2D eigenvalue weighted by atomic mass is 9.85. The van der Waals surface area contributed by atoms with Crippen LogP contribution < -0.4 is 5.32 Å². The van der Waals surface area contributed by atoms with Crippen molar-refractivity contribution in [2.45, 2.75) is 37.9 Å². The third kappa shape index (κ3) is 3.71. The third-order valence-electron chi connectivity index (χ3n) is 3.63. The lowest BCUT2D eigenvalue weighted by Gasteiger charge is -2.30. The summed E-state index contributed by atoms with van der Waals surface area (Å²) in [6, 6.07) is 4.81. The van der Waals surface area contributed by atoms with E-state index in [1.54, 1.807) is 0 Å². The molecule has 0 aromatic heterocycles. The van der Waals surface area contributed by atoms with Crippen molar-refractivity contribution in [1.29, 1.82) is 0 Å². The maximum atomic E-state index is 12.7. The predicted molar refractivity (Wildman–Crippen MR) is 65.7 cm³/mol. The van der Waals surface area contributed by atoms with Gasteiger partial charge in [0, 0.05) is 11.6 Å². The first kappa shape index (κ1) is 14.8. The highest BCUT2D eigenvalue weighted by atomic mass is 19.4. The van der Waals surface area contributed by atoms with Gasteiger partial charge in [-0.1, -0.05) is 0 Å². The zero-order chi connectivity index (χ0) is 14.8. The molecule has 0 radical (unpaired) electrons. The van der Waals surface area contributed by atoms with Crippen LogP contribution >= 0.6 is 0 Å². The van der Waals surface area contributed by atoms with Gasteiger partial charge < -0.3 is 5.32 Å². The summed E-state index contributed by atoms with van der Waals surface area (Å²) in [6.45, 7) is 0. The second-order valence-corrected chi connectivity index (χ2v) is 5.07. The molecule has 1 aliphatic rings. The molecular formula is C14H15F4NO. The first-order valence-electron chi connectivity index (χ1n) is 6.49. The van der Waals surface area contributed by atoms with Crippen molar-refractivity contribution in [3.05, 3.63) is 35.6 Å². The Hall–Kier alpha value is -1.59. The van der Waals surface area contributed by atoms with Crippen LogP contribution in [0.4, 0.5) is 17.6 Å². The fourth-order valence-corrected chi connectivity index (χ4v) is 2.44. The van der Waals surface area contributed by atoms with E-state index in [1.165, 1.54) is 24.3 Å². The van der Waals surface area contributed by atoms with Crippen molar-refractivity contribution in [3.8, 4) is 0 Å². The molecule has 0 heterocycles. The van der Waals surface area contributed by atoms with Gasteiger partial charge in [-0.15, -0.1) is 0 Å². The summed E-state index contributed by atoms with van der Waals surface area (Å²) in [6.07, 6.45) is -3.43. The Bertz CT molecular complexity index is 461. The van der Waals surface area contributed by atoms with Gasteiger partial charge in [-0.25, -0.2) is 4.39 Å². The molecule has 0 spiro atoms. The molecule has 0 aliphatic heterocycles. The van der Waals surface area contributed by atoms with Gasteiger partial charge in [-0.2, -0.15) is 13.2 Å². The van der Waals surface area contributed by atoms with Crippen molar-refractivity contribution in [3.63, 3.8) is 0 Å². The molecule has 0 atom stereocenters. The number of halogens is 4. The van der Waals surface area contributed by atoms with Gasteiger partial charge in [-0.3, -0.25) is 4.79 Å². The van der Waals surface area contributed by atoms with Gasteiger partial charge >= 0.3 is 6.18 Å². The molecule has 20 heavy (non-hydrogen) atoms. The van der Waals surface area contributed by atoms with E-state index >= 15 is 0 Å². The summed E-state index contributed by atoms with van der Waals surface area (Å²) in [5, 5.41) is 2.70. The third-order valence-corrected chi connectivity index (χ3v) is 3.63. The van der Waals surface area contributed by atoms with Crippen LogP contribution in [0, 0.1) is 11.7 Å². The fourth-order valence-electron chi connectivity index (χ4n) is 2.44. The van der Waals surface area contributed by atoms with Gasteiger partial charge in [0.1, 0.15) is 5.82 Å². The van der Waals surface area contributed by atoms with Crippen LogP contribution in [0.25, 0.3) is 0 Å². The molecule has 2 nitrogen and oxygen atoms in total. The Morgan fingerprint density at radius 3 is 2.10 bits per heavy atom. The number of hydrogen-bond donors (Lipinski definition) is 1. The minimum atomic E-state index is -4.15. The number of benzene rings is 1. The van der Waals surface area contributed by atoms with Crippen molar-refractivity contribution in [1.82, 2.24) is 5.32 Å². The first-order chi connectivity index (χ1) is 9.36. The molecule has 0 bridgehead atoms. The Kier molecular flexibility index (Phi) is 4.30. The number of carbonyl (C=O) groups excluding carboxylic acids is 1. The van der Waals surface area contributed by atoms with Gasteiger partial charge in [0.25, 0.3) is 5.91 Å². The summed E-state index contributed by atoms with van der Waals surface area (Å²) in [5.74, 6) is -2.07. The fraction of sp³-hybridized carbons (Fsp3) is 0.500. The lowest BCUT2D eigenvalue weighted by molar-refractivity contribution is -0.182. The molecular weight excluding hydrogens is 274 g/mol. The van der Waals surface area contributed by atoms with Crippen molar-refractivity contribution < 1.29 is 22.4 Å². The van der Waals surface area contributed by atoms with E-state index in [0.29, 0.717) is 18.4 Å². The quantitative estimate of drug-likeness (QED) is 0.827. The van der Waals surface area contributed by atoms with Crippen molar-refractivity contribution >= 4 is 5.91 Å². The average molecular weight is 289 g/mol. The standard InChI is InChI=1S/C14H15F4NO/c15-11-5-1-9(2-6-11)13(20)19-12-7-3-10(4-8-12)14(16,17)18/h1-2,5-6,10,12H,3-4,7-8H2,(H,19,20). The largest absolute Gasteiger partial charge is 0.391 e. The summed E-state index contributed by atoms with van der Waals surface area (Å²) in [4.78, 5) is 11.8. The van der Waals surface area contributed by atoms with Crippen LogP contribution in [0.3, 0.4) is 0 Å². The molecule has 2 rings (SSSR count). The van der Waals surface area contributed by atoms with Crippen LogP contribution in [0.1, 0.15) is 36.0 Å². The zero-order valence-corrected chi connectivity index (χ0v) is 10.7. The molecule has 1 aromatic carbocycles. The average Bonchev–Trinajstić information content (AvgIpc) is 2.39. The van der Waals surface area contributed by atoms with Crippen LogP contribution in [-0.4, -0.2) is 18.1 Å². The second-order valence-electron chi connectivity index (χ2n) is 5.07. The normalized spacial score (nSPS) is 23.4. The van der Waals surface area contributed by atoms with E-state index < -0.39 is 17.9 Å². The minimum absolute atomic E-state index is 0.0395. The number of alkyl halides is 3. The van der Waals surface area contributed by atoms with Crippen LogP contribution in [-0.2, 0) is 0 Å². The molecule has 0 unspecified atom stereocenters. The Balaban J connectivity index is 1.86. The molecule has 1 aliphatic carbocycles. The van der Waals surface area contributed by atoms with E-state index in [0.717, 1.165) is 0 Å². The number of hydrogen-bond acceptors (Lipinski definition) is 1. The SMILES string of the molecule is O=C(NC1CCC(C(F)(F)F)CC1)c1ccc(F)cc1. The van der Waals surface area contributed by atoms with E-state index in [2.05, 4.69) is 5.32 Å². The topological polar surface area (TPSA) is 29.1 Å². The van der Waals surface area contributed by atoms with E-state index in [4.69, 9.17) is 0 Å². The van der Waals surface area contributed by atoms with Crippen molar-refractivity contribution in [2.24, 2.45) is 5.92 Å².